The fourth-order valence-corrected chi connectivity index (χ4v) is 2.85. The molecule has 0 radical (unpaired) electrons. The molecule has 7 nitrogen and oxygen atoms in total. The number of hydrogen-bond acceptors (Lipinski definition) is 4. The Balaban J connectivity index is 2.06. The van der Waals surface area contributed by atoms with Crippen molar-refractivity contribution in [1.82, 2.24) is 4.90 Å². The zero-order chi connectivity index (χ0) is 21.4. The Hall–Kier alpha value is -2.90. The second kappa shape index (κ2) is 10.6. The number of nitro benzene ring substituents is 1. The first-order chi connectivity index (χ1) is 13.8. The van der Waals surface area contributed by atoms with E-state index in [9.17, 15) is 19.7 Å². The molecule has 9 heteroatoms. The number of anilines is 1. The van der Waals surface area contributed by atoms with Crippen molar-refractivity contribution in [2.45, 2.75) is 13.3 Å². The molecule has 0 heterocycles. The quantitative estimate of drug-likeness (QED) is 0.366. The van der Waals surface area contributed by atoms with Crippen molar-refractivity contribution in [3.05, 3.63) is 74.3 Å². The Bertz CT molecular complexity index is 947. The number of halogens is 2. The van der Waals surface area contributed by atoms with Gasteiger partial charge in [-0.15, -0.1) is 0 Å². The fraction of sp³-hybridized carbons (Fsp3) is 0.200. The predicted molar refractivity (Wildman–Crippen MR) is 114 cm³/mol. The molecule has 0 spiro atoms. The summed E-state index contributed by atoms with van der Waals surface area (Å²) in [5.41, 5.74) is 0.808. The van der Waals surface area contributed by atoms with Gasteiger partial charge in [-0.3, -0.25) is 19.7 Å². The second-order valence-corrected chi connectivity index (χ2v) is 6.96. The lowest BCUT2D eigenvalue weighted by atomic mass is 10.2. The van der Waals surface area contributed by atoms with E-state index in [1.807, 2.05) is 6.92 Å². The van der Waals surface area contributed by atoms with E-state index in [4.69, 9.17) is 23.2 Å². The second-order valence-electron chi connectivity index (χ2n) is 6.12. The number of nitro groups is 1. The third-order valence-corrected chi connectivity index (χ3v) is 4.41. The van der Waals surface area contributed by atoms with Crippen molar-refractivity contribution in [3.8, 4) is 0 Å². The Kier molecular flexibility index (Phi) is 8.18. The van der Waals surface area contributed by atoms with Crippen LogP contribution in [0.15, 0.2) is 48.5 Å². The number of nitrogens with zero attached hydrogens (tertiary/aromatic N) is 2. The lowest BCUT2D eigenvalue weighted by molar-refractivity contribution is -0.384. The fourth-order valence-electron chi connectivity index (χ4n) is 2.51. The van der Waals surface area contributed by atoms with Crippen molar-refractivity contribution < 1.29 is 14.5 Å². The molecule has 0 saturated heterocycles. The van der Waals surface area contributed by atoms with E-state index in [0.717, 1.165) is 0 Å². The highest BCUT2D eigenvalue weighted by molar-refractivity contribution is 6.35. The molecule has 0 aliphatic heterocycles. The third-order valence-electron chi connectivity index (χ3n) is 3.84. The highest BCUT2D eigenvalue weighted by atomic mass is 35.5. The summed E-state index contributed by atoms with van der Waals surface area (Å²) in [5.74, 6) is -0.801. The molecule has 2 rings (SSSR count). The minimum atomic E-state index is -0.506. The van der Waals surface area contributed by atoms with Gasteiger partial charge in [-0.25, -0.2) is 0 Å². The number of rotatable bonds is 8. The van der Waals surface area contributed by atoms with Gasteiger partial charge in [0.25, 0.3) is 5.69 Å². The lowest BCUT2D eigenvalue weighted by Gasteiger charge is -2.20. The Morgan fingerprint density at radius 2 is 1.97 bits per heavy atom. The average molecular weight is 436 g/mol. The first kappa shape index (κ1) is 22.4. The average Bonchev–Trinajstić information content (AvgIpc) is 2.68. The molecule has 2 aromatic rings. The van der Waals surface area contributed by atoms with Crippen molar-refractivity contribution in [2.24, 2.45) is 0 Å². The van der Waals surface area contributed by atoms with Gasteiger partial charge in [0.1, 0.15) is 6.54 Å². The van der Waals surface area contributed by atoms with Crippen LogP contribution < -0.4 is 5.32 Å². The molecule has 0 bridgehead atoms. The number of non-ortho nitro benzene ring substituents is 1. The number of nitrogens with one attached hydrogen (secondary N) is 1. The molecule has 0 aromatic heterocycles. The van der Waals surface area contributed by atoms with Gasteiger partial charge in [-0.05, 0) is 36.3 Å². The largest absolute Gasteiger partial charge is 0.330 e. The van der Waals surface area contributed by atoms with E-state index in [-0.39, 0.29) is 18.1 Å². The molecule has 2 amide bonds. The van der Waals surface area contributed by atoms with Gasteiger partial charge in [-0.2, -0.15) is 0 Å². The van der Waals surface area contributed by atoms with Gasteiger partial charge in [0, 0.05) is 29.8 Å². The topological polar surface area (TPSA) is 92.6 Å². The van der Waals surface area contributed by atoms with E-state index < -0.39 is 10.8 Å². The summed E-state index contributed by atoms with van der Waals surface area (Å²) in [6.45, 7) is 2.08. The molecule has 0 aliphatic rings. The first-order valence-corrected chi connectivity index (χ1v) is 9.52. The Morgan fingerprint density at radius 3 is 2.66 bits per heavy atom. The normalized spacial score (nSPS) is 10.7. The van der Waals surface area contributed by atoms with Crippen LogP contribution in [0.3, 0.4) is 0 Å². The zero-order valence-electron chi connectivity index (χ0n) is 15.6. The SMILES string of the molecule is CCCN(CC(=O)Nc1cc(Cl)ccc1Cl)C(=O)C=Cc1cccc([N+](=O)[O-])c1. The summed E-state index contributed by atoms with van der Waals surface area (Å²) in [5, 5.41) is 14.2. The van der Waals surface area contributed by atoms with Crippen LogP contribution in [-0.4, -0.2) is 34.7 Å². The lowest BCUT2D eigenvalue weighted by Crippen LogP contribution is -2.37. The first-order valence-electron chi connectivity index (χ1n) is 8.76. The van der Waals surface area contributed by atoms with Crippen molar-refractivity contribution in [1.29, 1.82) is 0 Å². The minimum absolute atomic E-state index is 0.0669. The smallest absolute Gasteiger partial charge is 0.270 e. The van der Waals surface area contributed by atoms with Crippen molar-refractivity contribution in [3.63, 3.8) is 0 Å². The number of hydrogen-bond donors (Lipinski definition) is 1. The highest BCUT2D eigenvalue weighted by Crippen LogP contribution is 2.25. The van der Waals surface area contributed by atoms with Crippen LogP contribution in [0.1, 0.15) is 18.9 Å². The molecule has 29 heavy (non-hydrogen) atoms. The van der Waals surface area contributed by atoms with Gasteiger partial charge < -0.3 is 10.2 Å². The number of carbonyl (C=O) groups is 2. The monoisotopic (exact) mass is 435 g/mol. The van der Waals surface area contributed by atoms with E-state index in [1.54, 1.807) is 18.2 Å². The summed E-state index contributed by atoms with van der Waals surface area (Å²) in [7, 11) is 0. The third kappa shape index (κ3) is 6.89. The summed E-state index contributed by atoms with van der Waals surface area (Å²) < 4.78 is 0. The molecule has 0 atom stereocenters. The molecule has 0 aliphatic carbocycles. The molecular weight excluding hydrogens is 417 g/mol. The maximum absolute atomic E-state index is 12.5. The Labute approximate surface area is 178 Å². The van der Waals surface area contributed by atoms with E-state index >= 15 is 0 Å². The van der Waals surface area contributed by atoms with Crippen LogP contribution in [-0.2, 0) is 9.59 Å². The minimum Gasteiger partial charge on any atom is -0.330 e. The van der Waals surface area contributed by atoms with Crippen molar-refractivity contribution >= 4 is 52.5 Å². The maximum atomic E-state index is 12.5. The van der Waals surface area contributed by atoms with Crippen LogP contribution in [0.5, 0.6) is 0 Å². The van der Waals surface area contributed by atoms with Gasteiger partial charge >= 0.3 is 0 Å². The van der Waals surface area contributed by atoms with Crippen LogP contribution in [0.2, 0.25) is 10.0 Å². The highest BCUT2D eigenvalue weighted by Gasteiger charge is 2.15. The summed E-state index contributed by atoms with van der Waals surface area (Å²) >= 11 is 12.0. The van der Waals surface area contributed by atoms with Crippen LogP contribution in [0.4, 0.5) is 11.4 Å². The molecule has 2 aromatic carbocycles. The maximum Gasteiger partial charge on any atom is 0.270 e. The molecule has 0 fully saturated rings. The molecule has 0 saturated carbocycles. The van der Waals surface area contributed by atoms with E-state index in [1.165, 1.54) is 41.3 Å². The van der Waals surface area contributed by atoms with E-state index in [0.29, 0.717) is 34.3 Å². The predicted octanol–water partition coefficient (Wildman–Crippen LogP) is 4.79. The number of benzene rings is 2. The summed E-state index contributed by atoms with van der Waals surface area (Å²) in [4.78, 5) is 36.6. The van der Waals surface area contributed by atoms with Gasteiger partial charge in [0.15, 0.2) is 0 Å². The van der Waals surface area contributed by atoms with Gasteiger partial charge in [0.2, 0.25) is 11.8 Å². The Morgan fingerprint density at radius 1 is 1.21 bits per heavy atom. The molecular formula is C20H19Cl2N3O4. The zero-order valence-corrected chi connectivity index (χ0v) is 17.1. The molecule has 1 N–H and O–H groups in total. The van der Waals surface area contributed by atoms with Crippen LogP contribution in [0, 0.1) is 10.1 Å². The van der Waals surface area contributed by atoms with Crippen LogP contribution >= 0.6 is 23.2 Å². The molecule has 0 unspecified atom stereocenters. The molecule has 152 valence electrons. The summed E-state index contributed by atoms with van der Waals surface area (Å²) in [6, 6.07) is 10.6. The van der Waals surface area contributed by atoms with Crippen molar-refractivity contribution in [2.75, 3.05) is 18.4 Å². The van der Waals surface area contributed by atoms with E-state index in [2.05, 4.69) is 5.32 Å². The summed E-state index contributed by atoms with van der Waals surface area (Å²) in [6.07, 6.45) is 3.42. The standard InChI is InChI=1S/C20H19Cl2N3O4/c1-2-10-24(13-19(26)23-18-12-15(21)7-8-17(18)22)20(27)9-6-14-4-3-5-16(11-14)25(28)29/h3-9,11-12H,2,10,13H2,1H3,(H,23,26). The van der Waals surface area contributed by atoms with Gasteiger partial charge in [-0.1, -0.05) is 42.3 Å². The number of amides is 2. The number of carbonyl (C=O) groups excluding carboxylic acids is 2. The van der Waals surface area contributed by atoms with Crippen LogP contribution in [0.25, 0.3) is 6.08 Å². The van der Waals surface area contributed by atoms with Gasteiger partial charge in [0.05, 0.1) is 15.6 Å².